The topological polar surface area (TPSA) is 108 Å². The van der Waals surface area contributed by atoms with Crippen molar-refractivity contribution in [2.45, 2.75) is 18.4 Å². The van der Waals surface area contributed by atoms with E-state index in [1.54, 1.807) is 24.3 Å². The number of carbonyl (C=O) groups is 1. The standard InChI is InChI=1S/C20H22N4O2/c1-2-19(26)24-10-14(13-9-17(13)24)16-8-11(20(22)23-16)7-15(21)12-5-3-4-6-18(12)25/h2-8,13-14,17,23,25H,1,9-10,21-22H2/b15-7-. The van der Waals surface area contributed by atoms with E-state index in [2.05, 4.69) is 11.6 Å². The van der Waals surface area contributed by atoms with Crippen molar-refractivity contribution in [1.29, 1.82) is 0 Å². The molecule has 1 aliphatic carbocycles. The van der Waals surface area contributed by atoms with Crippen LogP contribution in [0.4, 0.5) is 5.82 Å². The molecule has 1 aliphatic heterocycles. The van der Waals surface area contributed by atoms with Crippen LogP contribution in [0.3, 0.4) is 0 Å². The zero-order valence-corrected chi connectivity index (χ0v) is 14.4. The fraction of sp³-hybridized carbons (Fsp3) is 0.250. The summed E-state index contributed by atoms with van der Waals surface area (Å²) >= 11 is 0. The summed E-state index contributed by atoms with van der Waals surface area (Å²) in [6.07, 6.45) is 4.16. The van der Waals surface area contributed by atoms with Gasteiger partial charge in [-0.15, -0.1) is 0 Å². The number of piperidine rings is 1. The Kier molecular flexibility index (Phi) is 3.76. The van der Waals surface area contributed by atoms with E-state index in [1.807, 2.05) is 17.0 Å². The highest BCUT2D eigenvalue weighted by atomic mass is 16.3. The molecule has 0 bridgehead atoms. The summed E-state index contributed by atoms with van der Waals surface area (Å²) in [5.41, 5.74) is 15.1. The number of phenolic OH excluding ortho intramolecular Hbond substituents is 1. The van der Waals surface area contributed by atoms with Crippen LogP contribution in [0.1, 0.15) is 29.2 Å². The second-order valence-electron chi connectivity index (χ2n) is 6.98. The monoisotopic (exact) mass is 350 g/mol. The molecule has 1 amide bonds. The van der Waals surface area contributed by atoms with Gasteiger partial charge >= 0.3 is 0 Å². The predicted molar refractivity (Wildman–Crippen MR) is 102 cm³/mol. The summed E-state index contributed by atoms with van der Waals surface area (Å²) in [7, 11) is 0. The van der Waals surface area contributed by atoms with Gasteiger partial charge in [0, 0.05) is 41.0 Å². The molecule has 2 fully saturated rings. The van der Waals surface area contributed by atoms with Gasteiger partial charge in [0.2, 0.25) is 5.91 Å². The number of para-hydroxylation sites is 1. The maximum atomic E-state index is 12.0. The van der Waals surface area contributed by atoms with Gasteiger partial charge in [0.25, 0.3) is 0 Å². The summed E-state index contributed by atoms with van der Waals surface area (Å²) < 4.78 is 0. The van der Waals surface area contributed by atoms with E-state index in [-0.39, 0.29) is 17.6 Å². The zero-order valence-electron chi connectivity index (χ0n) is 14.4. The Morgan fingerprint density at radius 1 is 1.38 bits per heavy atom. The molecule has 26 heavy (non-hydrogen) atoms. The SMILES string of the molecule is C=CC(=O)N1CC(c2cc(/C=C(\N)c3ccccc3O)c(N)[nH]2)C2CC21. The fourth-order valence-corrected chi connectivity index (χ4v) is 3.96. The number of hydrogen-bond donors (Lipinski definition) is 4. The van der Waals surface area contributed by atoms with Crippen LogP contribution < -0.4 is 11.5 Å². The first-order valence-corrected chi connectivity index (χ1v) is 8.66. The van der Waals surface area contributed by atoms with Gasteiger partial charge in [-0.2, -0.15) is 0 Å². The molecule has 0 spiro atoms. The molecule has 4 rings (SSSR count). The first kappa shape index (κ1) is 16.3. The number of hydrogen-bond acceptors (Lipinski definition) is 4. The number of nitrogens with one attached hydrogen (secondary N) is 1. The minimum absolute atomic E-state index is 0.0107. The Hall–Kier alpha value is -3.15. The molecule has 6 N–H and O–H groups in total. The lowest BCUT2D eigenvalue weighted by Crippen LogP contribution is -2.30. The van der Waals surface area contributed by atoms with Crippen LogP contribution in [0.25, 0.3) is 11.8 Å². The predicted octanol–water partition coefficient (Wildman–Crippen LogP) is 2.26. The van der Waals surface area contributed by atoms with E-state index in [1.165, 1.54) is 6.08 Å². The van der Waals surface area contributed by atoms with Crippen molar-refractivity contribution < 1.29 is 9.90 Å². The number of carbonyl (C=O) groups excluding carboxylic acids is 1. The van der Waals surface area contributed by atoms with E-state index >= 15 is 0 Å². The highest BCUT2D eigenvalue weighted by Crippen LogP contribution is 2.52. The lowest BCUT2D eigenvalue weighted by Gasteiger charge is -2.18. The van der Waals surface area contributed by atoms with Gasteiger partial charge in [0.05, 0.1) is 0 Å². The molecule has 1 saturated carbocycles. The summed E-state index contributed by atoms with van der Waals surface area (Å²) in [5.74, 6) is 1.38. The van der Waals surface area contributed by atoms with Gasteiger partial charge in [0.1, 0.15) is 11.6 Å². The Morgan fingerprint density at radius 3 is 2.88 bits per heavy atom. The fourth-order valence-electron chi connectivity index (χ4n) is 3.96. The molecule has 2 aromatic rings. The lowest BCUT2D eigenvalue weighted by molar-refractivity contribution is -0.125. The smallest absolute Gasteiger partial charge is 0.246 e. The number of phenols is 1. The first-order chi connectivity index (χ1) is 12.5. The van der Waals surface area contributed by atoms with E-state index in [0.717, 1.165) is 17.7 Å². The van der Waals surface area contributed by atoms with Gasteiger partial charge in [-0.25, -0.2) is 0 Å². The number of aromatic hydroxyl groups is 1. The zero-order chi connectivity index (χ0) is 18.4. The highest BCUT2D eigenvalue weighted by molar-refractivity contribution is 5.88. The number of nitrogens with two attached hydrogens (primary N) is 2. The van der Waals surface area contributed by atoms with Crippen molar-refractivity contribution in [2.75, 3.05) is 12.3 Å². The molecule has 1 aromatic heterocycles. The van der Waals surface area contributed by atoms with Crippen molar-refractivity contribution in [1.82, 2.24) is 9.88 Å². The van der Waals surface area contributed by atoms with Crippen LogP contribution in [-0.4, -0.2) is 33.5 Å². The van der Waals surface area contributed by atoms with Crippen LogP contribution in [0.2, 0.25) is 0 Å². The number of H-pyrrole nitrogens is 1. The molecule has 3 atom stereocenters. The number of fused-ring (bicyclic) bond motifs is 1. The van der Waals surface area contributed by atoms with Crippen molar-refractivity contribution >= 4 is 23.5 Å². The van der Waals surface area contributed by atoms with Gasteiger partial charge in [-0.3, -0.25) is 4.79 Å². The van der Waals surface area contributed by atoms with Crippen molar-refractivity contribution in [3.8, 4) is 5.75 Å². The van der Waals surface area contributed by atoms with Crippen LogP contribution >= 0.6 is 0 Å². The third kappa shape index (κ3) is 2.63. The maximum absolute atomic E-state index is 12.0. The average Bonchev–Trinajstić information content (AvgIpc) is 3.20. The molecule has 2 heterocycles. The molecule has 1 aromatic carbocycles. The van der Waals surface area contributed by atoms with Gasteiger partial charge in [-0.1, -0.05) is 18.7 Å². The van der Waals surface area contributed by atoms with E-state index in [9.17, 15) is 9.90 Å². The molecule has 2 aliphatic rings. The number of nitrogen functional groups attached to an aromatic ring is 1. The minimum Gasteiger partial charge on any atom is -0.507 e. The van der Waals surface area contributed by atoms with Crippen LogP contribution in [0.15, 0.2) is 43.0 Å². The van der Waals surface area contributed by atoms with Crippen LogP contribution in [-0.2, 0) is 4.79 Å². The number of aromatic nitrogens is 1. The largest absolute Gasteiger partial charge is 0.507 e. The Morgan fingerprint density at radius 2 is 2.15 bits per heavy atom. The van der Waals surface area contributed by atoms with Gasteiger partial charge < -0.3 is 26.5 Å². The molecular weight excluding hydrogens is 328 g/mol. The second-order valence-corrected chi connectivity index (χ2v) is 6.98. The maximum Gasteiger partial charge on any atom is 0.246 e. The van der Waals surface area contributed by atoms with Crippen LogP contribution in [0.5, 0.6) is 5.75 Å². The molecule has 6 nitrogen and oxygen atoms in total. The molecule has 134 valence electrons. The van der Waals surface area contributed by atoms with E-state index in [4.69, 9.17) is 11.5 Å². The van der Waals surface area contributed by atoms with E-state index < -0.39 is 0 Å². The second kappa shape index (κ2) is 5.98. The highest BCUT2D eigenvalue weighted by Gasteiger charge is 2.55. The number of benzene rings is 1. The van der Waals surface area contributed by atoms with Gasteiger partial charge in [-0.05, 0) is 42.7 Å². The number of aromatic amines is 1. The molecular formula is C20H22N4O2. The van der Waals surface area contributed by atoms with Gasteiger partial charge in [0.15, 0.2) is 0 Å². The summed E-state index contributed by atoms with van der Waals surface area (Å²) in [5, 5.41) is 9.95. The third-order valence-electron chi connectivity index (χ3n) is 5.40. The molecule has 3 unspecified atom stereocenters. The first-order valence-electron chi connectivity index (χ1n) is 8.66. The van der Waals surface area contributed by atoms with Crippen molar-refractivity contribution in [3.05, 3.63) is 59.8 Å². The number of anilines is 1. The van der Waals surface area contributed by atoms with Crippen molar-refractivity contribution in [2.24, 2.45) is 11.7 Å². The lowest BCUT2D eigenvalue weighted by atomic mass is 10.0. The quantitative estimate of drug-likeness (QED) is 0.634. The number of nitrogens with zero attached hydrogens (tertiary/aromatic N) is 1. The summed E-state index contributed by atoms with van der Waals surface area (Å²) in [6.45, 7) is 4.26. The Balaban J connectivity index is 1.59. The van der Waals surface area contributed by atoms with Crippen molar-refractivity contribution in [3.63, 3.8) is 0 Å². The number of likely N-dealkylation sites (tertiary alicyclic amines) is 1. The van der Waals surface area contributed by atoms with E-state index in [0.29, 0.717) is 35.6 Å². The number of rotatable bonds is 4. The van der Waals surface area contributed by atoms with Crippen LogP contribution in [0, 0.1) is 5.92 Å². The molecule has 0 radical (unpaired) electrons. The average molecular weight is 350 g/mol. The minimum atomic E-state index is -0.0107. The summed E-state index contributed by atoms with van der Waals surface area (Å²) in [4.78, 5) is 17.1. The molecule has 1 saturated heterocycles. The molecule has 6 heteroatoms. The Labute approximate surface area is 151 Å². The number of amides is 1. The third-order valence-corrected chi connectivity index (χ3v) is 5.40. The normalized spacial score (nSPS) is 24.4. The Bertz CT molecular complexity index is 914. The summed E-state index contributed by atoms with van der Waals surface area (Å²) in [6, 6.07) is 9.23.